The van der Waals surface area contributed by atoms with Gasteiger partial charge in [-0.1, -0.05) is 30.3 Å². The zero-order valence-electron chi connectivity index (χ0n) is 11.3. The van der Waals surface area contributed by atoms with E-state index in [4.69, 9.17) is 5.73 Å². The molecule has 104 valence electrons. The zero-order chi connectivity index (χ0) is 15.0. The number of carbonyl (C=O) groups excluding carboxylic acids is 1. The third-order valence-corrected chi connectivity index (χ3v) is 3.17. The number of aromatic amines is 1. The molecule has 0 saturated carbocycles. The van der Waals surface area contributed by atoms with Crippen LogP contribution in [0, 0.1) is 6.92 Å². The Morgan fingerprint density at radius 1 is 1.24 bits per heavy atom. The van der Waals surface area contributed by atoms with Gasteiger partial charge in [0.25, 0.3) is 5.56 Å². The van der Waals surface area contributed by atoms with Gasteiger partial charge in [0.2, 0.25) is 0 Å². The minimum absolute atomic E-state index is 0.0134. The van der Waals surface area contributed by atoms with Crippen LogP contribution in [-0.4, -0.2) is 20.7 Å². The van der Waals surface area contributed by atoms with Crippen LogP contribution in [0.25, 0.3) is 10.9 Å². The van der Waals surface area contributed by atoms with E-state index in [1.807, 2.05) is 6.07 Å². The third-order valence-electron chi connectivity index (χ3n) is 3.17. The minimum Gasteiger partial charge on any atom is -0.385 e. The molecular weight excluding hydrogens is 268 g/mol. The van der Waals surface area contributed by atoms with Crippen LogP contribution in [-0.2, 0) is 0 Å². The van der Waals surface area contributed by atoms with Crippen molar-refractivity contribution in [2.45, 2.75) is 6.92 Å². The average molecular weight is 280 g/mol. The largest absolute Gasteiger partial charge is 0.385 e. The highest BCUT2D eigenvalue weighted by Gasteiger charge is 2.19. The van der Waals surface area contributed by atoms with Gasteiger partial charge in [0.15, 0.2) is 5.78 Å². The Morgan fingerprint density at radius 3 is 2.67 bits per heavy atom. The van der Waals surface area contributed by atoms with E-state index in [0.717, 1.165) is 0 Å². The summed E-state index contributed by atoms with van der Waals surface area (Å²) in [6.07, 6.45) is 1.40. The van der Waals surface area contributed by atoms with E-state index in [1.165, 1.54) is 6.20 Å². The number of nitrogen functional groups attached to an aromatic ring is 1. The number of aromatic nitrogens is 3. The van der Waals surface area contributed by atoms with Crippen LogP contribution < -0.4 is 11.3 Å². The second kappa shape index (κ2) is 4.82. The molecule has 0 radical (unpaired) electrons. The van der Waals surface area contributed by atoms with Gasteiger partial charge < -0.3 is 10.7 Å². The number of rotatable bonds is 2. The quantitative estimate of drug-likeness (QED) is 0.691. The smallest absolute Gasteiger partial charge is 0.260 e. The highest BCUT2D eigenvalue weighted by Crippen LogP contribution is 2.21. The van der Waals surface area contributed by atoms with Gasteiger partial charge in [0.1, 0.15) is 11.6 Å². The van der Waals surface area contributed by atoms with Crippen molar-refractivity contribution in [2.24, 2.45) is 0 Å². The summed E-state index contributed by atoms with van der Waals surface area (Å²) in [5.41, 5.74) is 6.38. The van der Waals surface area contributed by atoms with Crippen molar-refractivity contribution in [1.82, 2.24) is 15.0 Å². The number of nitrogens with two attached hydrogens (primary N) is 1. The number of hydrogen-bond donors (Lipinski definition) is 2. The summed E-state index contributed by atoms with van der Waals surface area (Å²) in [6.45, 7) is 1.69. The van der Waals surface area contributed by atoms with Crippen LogP contribution in [0.4, 0.5) is 5.82 Å². The van der Waals surface area contributed by atoms with E-state index in [9.17, 15) is 9.59 Å². The predicted molar refractivity (Wildman–Crippen MR) is 79.2 cm³/mol. The van der Waals surface area contributed by atoms with E-state index in [1.54, 1.807) is 31.2 Å². The minimum atomic E-state index is -0.410. The van der Waals surface area contributed by atoms with Gasteiger partial charge in [-0.2, -0.15) is 0 Å². The third kappa shape index (κ3) is 2.16. The lowest BCUT2D eigenvalue weighted by atomic mass is 10.0. The fourth-order valence-electron chi connectivity index (χ4n) is 2.17. The van der Waals surface area contributed by atoms with Gasteiger partial charge in [-0.15, -0.1) is 0 Å². The Hall–Kier alpha value is -3.02. The van der Waals surface area contributed by atoms with Crippen molar-refractivity contribution < 1.29 is 4.79 Å². The standard InChI is InChI=1S/C15H12N4O2/c1-8-17-7-10-12(18-8)11(14(16)19-15(10)21)13(20)9-5-3-2-4-6-9/h2-7H,1H3,(H3,16,19,21). The molecule has 1 aromatic carbocycles. The fourth-order valence-corrected chi connectivity index (χ4v) is 2.17. The van der Waals surface area contributed by atoms with Gasteiger partial charge in [0.05, 0.1) is 16.5 Å². The molecule has 0 aliphatic rings. The number of nitrogens with one attached hydrogen (secondary N) is 1. The lowest BCUT2D eigenvalue weighted by Crippen LogP contribution is -2.17. The normalized spacial score (nSPS) is 10.7. The highest BCUT2D eigenvalue weighted by atomic mass is 16.1. The molecular formula is C15H12N4O2. The Labute approximate surface area is 119 Å². The van der Waals surface area contributed by atoms with Crippen LogP contribution in [0.5, 0.6) is 0 Å². The lowest BCUT2D eigenvalue weighted by Gasteiger charge is -2.08. The Balaban J connectivity index is 2.34. The Kier molecular flexibility index (Phi) is 2.98. The molecule has 0 unspecified atom stereocenters. The summed E-state index contributed by atoms with van der Waals surface area (Å²) in [6, 6.07) is 8.71. The van der Waals surface area contributed by atoms with Crippen molar-refractivity contribution in [1.29, 1.82) is 0 Å². The van der Waals surface area contributed by atoms with E-state index < -0.39 is 5.56 Å². The average Bonchev–Trinajstić information content (AvgIpc) is 2.47. The molecule has 0 bridgehead atoms. The molecule has 3 N–H and O–H groups in total. The topological polar surface area (TPSA) is 102 Å². The number of benzene rings is 1. The molecule has 3 aromatic rings. The van der Waals surface area contributed by atoms with E-state index in [-0.39, 0.29) is 28.1 Å². The van der Waals surface area contributed by atoms with E-state index in [2.05, 4.69) is 15.0 Å². The predicted octanol–water partition coefficient (Wildman–Crippen LogP) is 1.44. The molecule has 0 amide bonds. The molecule has 6 heteroatoms. The number of H-pyrrole nitrogens is 1. The molecule has 0 saturated heterocycles. The molecule has 2 aromatic heterocycles. The first kappa shape index (κ1) is 13.0. The zero-order valence-corrected chi connectivity index (χ0v) is 11.3. The second-order valence-electron chi connectivity index (χ2n) is 4.62. The maximum absolute atomic E-state index is 12.6. The molecule has 0 aliphatic carbocycles. The number of ketones is 1. The summed E-state index contributed by atoms with van der Waals surface area (Å²) < 4.78 is 0. The molecule has 0 aliphatic heterocycles. The van der Waals surface area contributed by atoms with Gasteiger partial charge in [0, 0.05) is 11.8 Å². The summed E-state index contributed by atoms with van der Waals surface area (Å²) in [4.78, 5) is 35.2. The maximum Gasteiger partial charge on any atom is 0.260 e. The lowest BCUT2D eigenvalue weighted by molar-refractivity contribution is 0.104. The first-order valence-corrected chi connectivity index (χ1v) is 6.33. The first-order chi connectivity index (χ1) is 10.1. The summed E-state index contributed by atoms with van der Waals surface area (Å²) in [5.74, 6) is 0.196. The summed E-state index contributed by atoms with van der Waals surface area (Å²) in [7, 11) is 0. The SMILES string of the molecule is Cc1ncc2c(=O)[nH]c(N)c(C(=O)c3ccccc3)c2n1. The van der Waals surface area contributed by atoms with Crippen molar-refractivity contribution in [2.75, 3.05) is 5.73 Å². The van der Waals surface area contributed by atoms with Crippen LogP contribution in [0.3, 0.4) is 0 Å². The molecule has 0 atom stereocenters. The first-order valence-electron chi connectivity index (χ1n) is 6.33. The number of nitrogens with zero attached hydrogens (tertiary/aromatic N) is 2. The van der Waals surface area contributed by atoms with Crippen LogP contribution in [0.1, 0.15) is 21.7 Å². The number of fused-ring (bicyclic) bond motifs is 1. The van der Waals surface area contributed by atoms with Gasteiger partial charge in [-0.3, -0.25) is 9.59 Å². The van der Waals surface area contributed by atoms with Crippen molar-refractivity contribution in [3.05, 3.63) is 63.8 Å². The Bertz CT molecular complexity index is 901. The highest BCUT2D eigenvalue weighted by molar-refractivity contribution is 6.18. The monoisotopic (exact) mass is 280 g/mol. The van der Waals surface area contributed by atoms with Crippen LogP contribution >= 0.6 is 0 Å². The molecule has 0 fully saturated rings. The summed E-state index contributed by atoms with van der Waals surface area (Å²) in [5, 5.41) is 0.245. The molecule has 2 heterocycles. The van der Waals surface area contributed by atoms with Crippen LogP contribution in [0.15, 0.2) is 41.3 Å². The Morgan fingerprint density at radius 2 is 1.95 bits per heavy atom. The number of hydrogen-bond acceptors (Lipinski definition) is 5. The summed E-state index contributed by atoms with van der Waals surface area (Å²) >= 11 is 0. The van der Waals surface area contributed by atoms with E-state index in [0.29, 0.717) is 11.4 Å². The number of anilines is 1. The van der Waals surface area contributed by atoms with Gasteiger partial charge >= 0.3 is 0 Å². The second-order valence-corrected chi connectivity index (χ2v) is 4.62. The number of aryl methyl sites for hydroxylation is 1. The van der Waals surface area contributed by atoms with Crippen molar-refractivity contribution in [3.8, 4) is 0 Å². The van der Waals surface area contributed by atoms with Gasteiger partial charge in [-0.25, -0.2) is 9.97 Å². The van der Waals surface area contributed by atoms with Crippen molar-refractivity contribution in [3.63, 3.8) is 0 Å². The molecule has 3 rings (SSSR count). The van der Waals surface area contributed by atoms with Crippen molar-refractivity contribution >= 4 is 22.5 Å². The fraction of sp³-hybridized carbons (Fsp3) is 0.0667. The van der Waals surface area contributed by atoms with Crippen LogP contribution in [0.2, 0.25) is 0 Å². The van der Waals surface area contributed by atoms with Gasteiger partial charge in [-0.05, 0) is 6.92 Å². The number of carbonyl (C=O) groups is 1. The molecule has 0 spiro atoms. The maximum atomic E-state index is 12.6. The molecule has 6 nitrogen and oxygen atoms in total. The molecule has 21 heavy (non-hydrogen) atoms. The van der Waals surface area contributed by atoms with E-state index >= 15 is 0 Å². The number of pyridine rings is 1.